The van der Waals surface area contributed by atoms with Crippen molar-refractivity contribution in [1.29, 1.82) is 0 Å². The Morgan fingerprint density at radius 1 is 1.26 bits per heavy atom. The van der Waals surface area contributed by atoms with Crippen molar-refractivity contribution in [3.05, 3.63) is 24.5 Å². The molecule has 0 radical (unpaired) electrons. The van der Waals surface area contributed by atoms with E-state index in [1.165, 1.54) is 0 Å². The Kier molecular flexibility index (Phi) is 4.08. The molecule has 0 unspecified atom stereocenters. The summed E-state index contributed by atoms with van der Waals surface area (Å²) in [4.78, 5) is 20.8. The highest BCUT2D eigenvalue weighted by atomic mass is 16.5. The van der Waals surface area contributed by atoms with Gasteiger partial charge in [0.2, 0.25) is 0 Å². The van der Waals surface area contributed by atoms with Crippen LogP contribution in [0.3, 0.4) is 0 Å². The monoisotopic (exact) mass is 317 g/mol. The van der Waals surface area contributed by atoms with Crippen LogP contribution in [0.1, 0.15) is 25.7 Å². The fourth-order valence-corrected chi connectivity index (χ4v) is 3.96. The first-order valence-corrected chi connectivity index (χ1v) is 8.57. The minimum atomic E-state index is -0.0319. The van der Waals surface area contributed by atoms with Crippen LogP contribution in [-0.2, 0) is 4.74 Å². The van der Waals surface area contributed by atoms with E-state index in [9.17, 15) is 4.79 Å². The number of fused-ring (bicyclic) bond motifs is 1. The Hall–Kier alpha value is -1.82. The van der Waals surface area contributed by atoms with E-state index < -0.39 is 0 Å². The number of carbonyl (C=O) groups is 1. The predicted molar refractivity (Wildman–Crippen MR) is 84.3 cm³/mol. The van der Waals surface area contributed by atoms with Gasteiger partial charge in [0.15, 0.2) is 0 Å². The van der Waals surface area contributed by atoms with Gasteiger partial charge in [-0.15, -0.1) is 0 Å². The lowest BCUT2D eigenvalue weighted by Crippen LogP contribution is -2.57. The summed E-state index contributed by atoms with van der Waals surface area (Å²) in [6.45, 7) is 3.07. The van der Waals surface area contributed by atoms with Crippen molar-refractivity contribution in [3.63, 3.8) is 0 Å². The van der Waals surface area contributed by atoms with Crippen molar-refractivity contribution in [3.8, 4) is 5.75 Å². The Labute approximate surface area is 136 Å². The first-order chi connectivity index (χ1) is 11.3. The average molecular weight is 317 g/mol. The molecule has 6 heteroatoms. The summed E-state index contributed by atoms with van der Waals surface area (Å²) >= 11 is 0. The number of pyridine rings is 1. The summed E-state index contributed by atoms with van der Waals surface area (Å²) in [6, 6.07) is 4.10. The summed E-state index contributed by atoms with van der Waals surface area (Å²) < 4.78 is 12.0. The summed E-state index contributed by atoms with van der Waals surface area (Å²) in [5, 5.41) is 0. The first kappa shape index (κ1) is 14.8. The molecule has 2 saturated heterocycles. The molecular weight excluding hydrogens is 294 g/mol. The lowest BCUT2D eigenvalue weighted by Gasteiger charge is -2.40. The van der Waals surface area contributed by atoms with E-state index in [0.717, 1.165) is 44.5 Å². The molecule has 6 nitrogen and oxygen atoms in total. The molecule has 0 bridgehead atoms. The maximum absolute atomic E-state index is 12.8. The fourth-order valence-electron chi connectivity index (χ4n) is 3.96. The molecule has 1 saturated carbocycles. The molecule has 0 spiro atoms. The molecule has 3 heterocycles. The SMILES string of the molecule is O=C(N1CCCC1)N1CCO[C@H]2[C@H](Oc3cccnc3)CC[C@@H]21. The van der Waals surface area contributed by atoms with Gasteiger partial charge in [0.25, 0.3) is 0 Å². The van der Waals surface area contributed by atoms with Gasteiger partial charge in [0.05, 0.1) is 18.8 Å². The molecule has 0 aromatic carbocycles. The summed E-state index contributed by atoms with van der Waals surface area (Å²) in [7, 11) is 0. The first-order valence-electron chi connectivity index (χ1n) is 8.57. The van der Waals surface area contributed by atoms with Crippen LogP contribution in [0.4, 0.5) is 4.79 Å². The van der Waals surface area contributed by atoms with Crippen LogP contribution < -0.4 is 4.74 Å². The molecule has 1 aliphatic carbocycles. The van der Waals surface area contributed by atoms with Crippen LogP contribution in [-0.4, -0.2) is 65.3 Å². The van der Waals surface area contributed by atoms with E-state index in [-0.39, 0.29) is 24.3 Å². The highest BCUT2D eigenvalue weighted by Gasteiger charge is 2.46. The van der Waals surface area contributed by atoms with E-state index >= 15 is 0 Å². The number of carbonyl (C=O) groups excluding carboxylic acids is 1. The van der Waals surface area contributed by atoms with Gasteiger partial charge < -0.3 is 19.3 Å². The van der Waals surface area contributed by atoms with E-state index in [1.807, 2.05) is 21.9 Å². The van der Waals surface area contributed by atoms with E-state index in [2.05, 4.69) is 4.98 Å². The van der Waals surface area contributed by atoms with Gasteiger partial charge in [0.1, 0.15) is 18.0 Å². The third kappa shape index (κ3) is 2.87. The lowest BCUT2D eigenvalue weighted by molar-refractivity contribution is -0.0783. The molecule has 3 aliphatic rings. The number of hydrogen-bond acceptors (Lipinski definition) is 4. The van der Waals surface area contributed by atoms with Crippen LogP contribution in [0.2, 0.25) is 0 Å². The molecule has 1 aromatic rings. The zero-order chi connectivity index (χ0) is 15.6. The quantitative estimate of drug-likeness (QED) is 0.836. The van der Waals surface area contributed by atoms with Crippen molar-refractivity contribution in [2.24, 2.45) is 0 Å². The number of aromatic nitrogens is 1. The predicted octanol–water partition coefficient (Wildman–Crippen LogP) is 1.91. The van der Waals surface area contributed by atoms with Crippen molar-refractivity contribution in [2.75, 3.05) is 26.2 Å². The molecule has 2 aliphatic heterocycles. The number of ether oxygens (including phenoxy) is 2. The van der Waals surface area contributed by atoms with Crippen LogP contribution >= 0.6 is 0 Å². The average Bonchev–Trinajstić information content (AvgIpc) is 3.25. The molecule has 1 aromatic heterocycles. The molecule has 4 rings (SSSR count). The van der Waals surface area contributed by atoms with Crippen LogP contribution in [0, 0.1) is 0 Å². The number of morpholine rings is 1. The zero-order valence-electron chi connectivity index (χ0n) is 13.3. The Bertz CT molecular complexity index is 547. The fraction of sp³-hybridized carbons (Fsp3) is 0.647. The van der Waals surface area contributed by atoms with Crippen molar-refractivity contribution >= 4 is 6.03 Å². The normalized spacial score (nSPS) is 30.3. The van der Waals surface area contributed by atoms with E-state index in [1.54, 1.807) is 12.4 Å². The number of likely N-dealkylation sites (tertiary alicyclic amines) is 1. The lowest BCUT2D eigenvalue weighted by atomic mass is 10.1. The van der Waals surface area contributed by atoms with E-state index in [4.69, 9.17) is 9.47 Å². The van der Waals surface area contributed by atoms with Crippen molar-refractivity contribution in [1.82, 2.24) is 14.8 Å². The summed E-state index contributed by atoms with van der Waals surface area (Å²) in [5.41, 5.74) is 0. The molecule has 23 heavy (non-hydrogen) atoms. The zero-order valence-corrected chi connectivity index (χ0v) is 13.3. The second-order valence-electron chi connectivity index (χ2n) is 6.50. The van der Waals surface area contributed by atoms with Crippen LogP contribution in [0.5, 0.6) is 5.75 Å². The molecule has 3 fully saturated rings. The number of rotatable bonds is 2. The smallest absolute Gasteiger partial charge is 0.320 e. The van der Waals surface area contributed by atoms with Gasteiger partial charge in [0, 0.05) is 25.8 Å². The Morgan fingerprint density at radius 2 is 2.13 bits per heavy atom. The van der Waals surface area contributed by atoms with Gasteiger partial charge >= 0.3 is 6.03 Å². The topological polar surface area (TPSA) is 54.9 Å². The van der Waals surface area contributed by atoms with Crippen LogP contribution in [0.25, 0.3) is 0 Å². The van der Waals surface area contributed by atoms with Crippen LogP contribution in [0.15, 0.2) is 24.5 Å². The van der Waals surface area contributed by atoms with Gasteiger partial charge in [-0.3, -0.25) is 4.98 Å². The second-order valence-corrected chi connectivity index (χ2v) is 6.50. The molecular formula is C17H23N3O3. The molecule has 3 atom stereocenters. The van der Waals surface area contributed by atoms with Gasteiger partial charge in [-0.05, 0) is 37.8 Å². The molecule has 124 valence electrons. The Morgan fingerprint density at radius 3 is 2.91 bits per heavy atom. The minimum Gasteiger partial charge on any atom is -0.486 e. The van der Waals surface area contributed by atoms with Gasteiger partial charge in [-0.2, -0.15) is 0 Å². The second kappa shape index (κ2) is 6.35. The summed E-state index contributed by atoms with van der Waals surface area (Å²) in [5.74, 6) is 0.768. The molecule has 0 N–H and O–H groups in total. The van der Waals surface area contributed by atoms with Gasteiger partial charge in [-0.25, -0.2) is 4.79 Å². The number of nitrogens with zero attached hydrogens (tertiary/aromatic N) is 3. The minimum absolute atomic E-state index is 0.00150. The Balaban J connectivity index is 1.44. The maximum Gasteiger partial charge on any atom is 0.320 e. The number of hydrogen-bond donors (Lipinski definition) is 0. The third-order valence-corrected chi connectivity index (χ3v) is 5.08. The van der Waals surface area contributed by atoms with Crippen molar-refractivity contribution in [2.45, 2.75) is 43.9 Å². The standard InChI is InChI=1S/C17H23N3O3/c21-17(19-8-1-2-9-19)20-10-11-22-16-14(20)5-6-15(16)23-13-4-3-7-18-12-13/h3-4,7,12,14-16H,1-2,5-6,8-11H2/t14-,15+,16+/m0/s1. The molecule has 2 amide bonds. The maximum atomic E-state index is 12.8. The largest absolute Gasteiger partial charge is 0.486 e. The highest BCUT2D eigenvalue weighted by Crippen LogP contribution is 2.33. The van der Waals surface area contributed by atoms with Crippen molar-refractivity contribution < 1.29 is 14.3 Å². The highest BCUT2D eigenvalue weighted by molar-refractivity contribution is 5.75. The van der Waals surface area contributed by atoms with Gasteiger partial charge in [-0.1, -0.05) is 0 Å². The summed E-state index contributed by atoms with van der Waals surface area (Å²) in [6.07, 6.45) is 7.52. The number of amides is 2. The number of urea groups is 1. The van der Waals surface area contributed by atoms with E-state index in [0.29, 0.717) is 13.2 Å². The third-order valence-electron chi connectivity index (χ3n) is 5.08.